The van der Waals surface area contributed by atoms with Gasteiger partial charge in [-0.15, -0.1) is 0 Å². The van der Waals surface area contributed by atoms with Crippen molar-refractivity contribution in [3.05, 3.63) is 59.7 Å². The monoisotopic (exact) mass is 478 g/mol. The molecule has 8 nitrogen and oxygen atoms in total. The highest BCUT2D eigenvalue weighted by molar-refractivity contribution is 5.83. The van der Waals surface area contributed by atoms with Crippen LogP contribution >= 0.6 is 0 Å². The number of amides is 2. The topological polar surface area (TPSA) is 114 Å². The van der Waals surface area contributed by atoms with E-state index >= 15 is 0 Å². The fourth-order valence-electron chi connectivity index (χ4n) is 5.69. The average Bonchev–Trinajstić information content (AvgIpc) is 3.59. The lowest BCUT2D eigenvalue weighted by atomic mass is 9.98. The van der Waals surface area contributed by atoms with Crippen LogP contribution in [0.1, 0.15) is 42.7 Å². The number of carbonyl (C=O) groups is 3. The average molecular weight is 479 g/mol. The summed E-state index contributed by atoms with van der Waals surface area (Å²) in [4.78, 5) is 36.7. The number of carboxylic acid groups (broad SMARTS) is 1. The van der Waals surface area contributed by atoms with Gasteiger partial charge < -0.3 is 25.2 Å². The second-order valence-corrected chi connectivity index (χ2v) is 9.54. The van der Waals surface area contributed by atoms with Crippen LogP contribution in [0.4, 0.5) is 4.79 Å². The Hall–Kier alpha value is -3.39. The third kappa shape index (κ3) is 4.75. The van der Waals surface area contributed by atoms with Crippen LogP contribution in [0.5, 0.6) is 0 Å². The van der Waals surface area contributed by atoms with E-state index in [0.29, 0.717) is 25.9 Å². The largest absolute Gasteiger partial charge is 0.481 e. The van der Waals surface area contributed by atoms with Crippen LogP contribution in [0, 0.1) is 11.8 Å². The van der Waals surface area contributed by atoms with E-state index in [4.69, 9.17) is 9.47 Å². The number of nitrogens with one attached hydrogen (secondary N) is 2. The summed E-state index contributed by atoms with van der Waals surface area (Å²) < 4.78 is 11.2. The number of ether oxygens (including phenoxy) is 2. The van der Waals surface area contributed by atoms with Gasteiger partial charge in [-0.25, -0.2) is 4.79 Å². The van der Waals surface area contributed by atoms with E-state index in [-0.39, 0.29) is 36.9 Å². The van der Waals surface area contributed by atoms with Crippen molar-refractivity contribution in [1.29, 1.82) is 0 Å². The molecule has 5 rings (SSSR count). The number of rotatable bonds is 7. The van der Waals surface area contributed by atoms with Crippen LogP contribution in [0.25, 0.3) is 11.1 Å². The Morgan fingerprint density at radius 3 is 2.34 bits per heavy atom. The molecular weight excluding hydrogens is 448 g/mol. The van der Waals surface area contributed by atoms with Crippen LogP contribution in [0.3, 0.4) is 0 Å². The zero-order valence-electron chi connectivity index (χ0n) is 19.4. The SMILES string of the molecule is O=C(NC[C@@H]1CCO[C@@H]1C(=O)NC1CCCC1C(=O)O)OCC1c2ccccc2-c2ccccc21. The number of fused-ring (bicyclic) bond motifs is 3. The number of hydrogen-bond acceptors (Lipinski definition) is 5. The molecule has 2 aliphatic carbocycles. The number of alkyl carbamates (subject to hydrolysis) is 1. The lowest BCUT2D eigenvalue weighted by molar-refractivity contribution is -0.142. The van der Waals surface area contributed by atoms with Gasteiger partial charge in [-0.05, 0) is 41.5 Å². The minimum Gasteiger partial charge on any atom is -0.481 e. The van der Waals surface area contributed by atoms with Gasteiger partial charge in [-0.2, -0.15) is 0 Å². The molecule has 0 bridgehead atoms. The molecule has 0 aromatic heterocycles. The predicted octanol–water partition coefficient (Wildman–Crippen LogP) is 3.30. The number of carbonyl (C=O) groups excluding carboxylic acids is 2. The summed E-state index contributed by atoms with van der Waals surface area (Å²) in [7, 11) is 0. The molecular formula is C27H30N2O6. The summed E-state index contributed by atoms with van der Waals surface area (Å²) >= 11 is 0. The maximum Gasteiger partial charge on any atom is 0.407 e. The molecule has 184 valence electrons. The Kier molecular flexibility index (Phi) is 6.72. The highest BCUT2D eigenvalue weighted by Crippen LogP contribution is 2.44. The molecule has 2 aromatic carbocycles. The third-order valence-corrected chi connectivity index (χ3v) is 7.49. The van der Waals surface area contributed by atoms with Gasteiger partial charge in [0.1, 0.15) is 12.7 Å². The fraction of sp³-hybridized carbons (Fsp3) is 0.444. The Balaban J connectivity index is 1.14. The molecule has 3 aliphatic rings. The minimum absolute atomic E-state index is 0.0184. The predicted molar refractivity (Wildman–Crippen MR) is 128 cm³/mol. The van der Waals surface area contributed by atoms with Gasteiger partial charge in [0.15, 0.2) is 0 Å². The van der Waals surface area contributed by atoms with Crippen LogP contribution in [-0.2, 0) is 19.1 Å². The summed E-state index contributed by atoms with van der Waals surface area (Å²) in [5.74, 6) is -1.96. The summed E-state index contributed by atoms with van der Waals surface area (Å²) in [5, 5.41) is 15.0. The summed E-state index contributed by atoms with van der Waals surface area (Å²) in [6, 6.07) is 15.9. The molecule has 2 unspecified atom stereocenters. The first-order chi connectivity index (χ1) is 17.0. The van der Waals surface area contributed by atoms with E-state index < -0.39 is 24.1 Å². The summed E-state index contributed by atoms with van der Waals surface area (Å²) in [6.45, 7) is 0.896. The lowest BCUT2D eigenvalue weighted by Gasteiger charge is -2.23. The normalized spacial score (nSPS) is 25.0. The van der Waals surface area contributed by atoms with E-state index in [9.17, 15) is 19.5 Å². The van der Waals surface area contributed by atoms with E-state index in [1.165, 1.54) is 11.1 Å². The van der Waals surface area contributed by atoms with Gasteiger partial charge in [0.2, 0.25) is 5.91 Å². The number of hydrogen-bond donors (Lipinski definition) is 3. The van der Waals surface area contributed by atoms with Gasteiger partial charge in [0.25, 0.3) is 0 Å². The van der Waals surface area contributed by atoms with Crippen molar-refractivity contribution in [2.24, 2.45) is 11.8 Å². The van der Waals surface area contributed by atoms with Crippen LogP contribution < -0.4 is 10.6 Å². The molecule has 1 heterocycles. The number of aliphatic carboxylic acids is 1. The van der Waals surface area contributed by atoms with Crippen molar-refractivity contribution in [3.8, 4) is 11.1 Å². The van der Waals surface area contributed by atoms with Gasteiger partial charge in [0.05, 0.1) is 5.92 Å². The van der Waals surface area contributed by atoms with Crippen molar-refractivity contribution < 1.29 is 29.0 Å². The highest BCUT2D eigenvalue weighted by Gasteiger charge is 2.39. The van der Waals surface area contributed by atoms with Crippen molar-refractivity contribution in [3.63, 3.8) is 0 Å². The zero-order valence-corrected chi connectivity index (χ0v) is 19.4. The number of benzene rings is 2. The van der Waals surface area contributed by atoms with Gasteiger partial charge in [0, 0.05) is 31.0 Å². The molecule has 2 amide bonds. The van der Waals surface area contributed by atoms with E-state index in [0.717, 1.165) is 17.5 Å². The molecule has 3 N–H and O–H groups in total. The first-order valence-electron chi connectivity index (χ1n) is 12.3. The van der Waals surface area contributed by atoms with Crippen LogP contribution in [0.2, 0.25) is 0 Å². The first-order valence-corrected chi connectivity index (χ1v) is 12.3. The molecule has 4 atom stereocenters. The van der Waals surface area contributed by atoms with Crippen LogP contribution in [-0.4, -0.2) is 55.0 Å². The van der Waals surface area contributed by atoms with Gasteiger partial charge in [-0.1, -0.05) is 55.0 Å². The van der Waals surface area contributed by atoms with E-state index in [2.05, 4.69) is 34.9 Å². The Labute approximate surface area is 204 Å². The molecule has 1 saturated heterocycles. The standard InChI is InChI=1S/C27H30N2O6/c30-25(29-23-11-5-10-21(23)26(31)32)24-16(12-13-34-24)14-28-27(33)35-15-22-19-8-3-1-6-17(19)18-7-2-4-9-20(18)22/h1-4,6-9,16,21-24H,5,10-15H2,(H,28,33)(H,29,30)(H,31,32)/t16-,21?,23?,24-/m0/s1. The van der Waals surface area contributed by atoms with Crippen LogP contribution in [0.15, 0.2) is 48.5 Å². The lowest BCUT2D eigenvalue weighted by Crippen LogP contribution is -2.48. The van der Waals surface area contributed by atoms with Crippen molar-refractivity contribution >= 4 is 18.0 Å². The Bertz CT molecular complexity index is 1070. The molecule has 8 heteroatoms. The fourth-order valence-corrected chi connectivity index (χ4v) is 5.69. The Morgan fingerprint density at radius 1 is 0.971 bits per heavy atom. The number of carboxylic acids is 1. The molecule has 0 radical (unpaired) electrons. The van der Waals surface area contributed by atoms with Crippen molar-refractivity contribution in [2.45, 2.75) is 43.7 Å². The maximum atomic E-state index is 12.8. The first kappa shape index (κ1) is 23.4. The zero-order chi connectivity index (χ0) is 24.4. The smallest absolute Gasteiger partial charge is 0.407 e. The van der Waals surface area contributed by atoms with E-state index in [1.807, 2.05) is 24.3 Å². The van der Waals surface area contributed by atoms with Crippen molar-refractivity contribution in [1.82, 2.24) is 10.6 Å². The third-order valence-electron chi connectivity index (χ3n) is 7.49. The molecule has 0 spiro atoms. The molecule has 1 saturated carbocycles. The molecule has 2 fully saturated rings. The summed E-state index contributed by atoms with van der Waals surface area (Å²) in [6.07, 6.45) is 1.39. The summed E-state index contributed by atoms with van der Waals surface area (Å²) in [5.41, 5.74) is 4.63. The second kappa shape index (κ2) is 10.1. The quantitative estimate of drug-likeness (QED) is 0.563. The van der Waals surface area contributed by atoms with E-state index in [1.54, 1.807) is 0 Å². The molecule has 35 heavy (non-hydrogen) atoms. The second-order valence-electron chi connectivity index (χ2n) is 9.54. The molecule has 1 aliphatic heterocycles. The van der Waals surface area contributed by atoms with Crippen molar-refractivity contribution in [2.75, 3.05) is 19.8 Å². The highest BCUT2D eigenvalue weighted by atomic mass is 16.5. The maximum absolute atomic E-state index is 12.8. The van der Waals surface area contributed by atoms with Gasteiger partial charge >= 0.3 is 12.1 Å². The Morgan fingerprint density at radius 2 is 1.66 bits per heavy atom. The molecule has 2 aromatic rings. The van der Waals surface area contributed by atoms with Gasteiger partial charge in [-0.3, -0.25) is 9.59 Å². The minimum atomic E-state index is -0.881.